The van der Waals surface area contributed by atoms with Crippen molar-refractivity contribution in [3.8, 4) is 11.8 Å². The molecule has 9 heteroatoms. The van der Waals surface area contributed by atoms with E-state index < -0.39 is 0 Å². The number of rotatable bonds is 6. The predicted molar refractivity (Wildman–Crippen MR) is 121 cm³/mol. The van der Waals surface area contributed by atoms with Crippen molar-refractivity contribution in [2.45, 2.75) is 10.7 Å². The van der Waals surface area contributed by atoms with Crippen LogP contribution < -0.4 is 9.47 Å². The summed E-state index contributed by atoms with van der Waals surface area (Å²) >= 11 is 6.86. The number of fused-ring (bicyclic) bond motifs is 2. The summed E-state index contributed by atoms with van der Waals surface area (Å²) in [7, 11) is 3.07. The van der Waals surface area contributed by atoms with Crippen molar-refractivity contribution in [1.82, 2.24) is 19.9 Å². The van der Waals surface area contributed by atoms with E-state index in [1.165, 1.54) is 14.2 Å². The fourth-order valence-corrected chi connectivity index (χ4v) is 3.72. The first-order valence-corrected chi connectivity index (χ1v) is 11.2. The van der Waals surface area contributed by atoms with Crippen molar-refractivity contribution in [2.75, 3.05) is 14.2 Å². The van der Waals surface area contributed by atoms with Gasteiger partial charge >= 0.3 is 0 Å². The second-order valence-electron chi connectivity index (χ2n) is 6.36. The van der Waals surface area contributed by atoms with Crippen molar-refractivity contribution in [3.05, 3.63) is 58.9 Å². The first-order valence-electron chi connectivity index (χ1n) is 8.94. The largest absolute Gasteiger partial charge is 0.481 e. The lowest BCUT2D eigenvalue weighted by Crippen LogP contribution is -2.09. The van der Waals surface area contributed by atoms with E-state index in [4.69, 9.17) is 9.47 Å². The Hall–Kier alpha value is -2.65. The van der Waals surface area contributed by atoms with Gasteiger partial charge in [-0.3, -0.25) is 14.8 Å². The number of carbonyl (C=O) groups excluding carboxylic acids is 1. The zero-order chi connectivity index (χ0) is 21.3. The van der Waals surface area contributed by atoms with E-state index in [2.05, 4.69) is 51.8 Å². The lowest BCUT2D eigenvalue weighted by atomic mass is 10.00. The van der Waals surface area contributed by atoms with Crippen LogP contribution in [0.1, 0.15) is 27.3 Å². The van der Waals surface area contributed by atoms with Crippen LogP contribution in [0.5, 0.6) is 11.8 Å². The molecule has 4 aromatic rings. The summed E-state index contributed by atoms with van der Waals surface area (Å²) in [6, 6.07) is 10.5. The molecule has 0 bridgehead atoms. The van der Waals surface area contributed by atoms with Gasteiger partial charge in [-0.2, -0.15) is 0 Å². The minimum absolute atomic E-state index is 0.222. The third kappa shape index (κ3) is 3.75. The van der Waals surface area contributed by atoms with Gasteiger partial charge in [0.2, 0.25) is 11.8 Å². The van der Waals surface area contributed by atoms with Crippen LogP contribution in [0.3, 0.4) is 0 Å². The molecule has 0 aliphatic rings. The zero-order valence-corrected chi connectivity index (χ0v) is 19.3. The van der Waals surface area contributed by atoms with E-state index in [-0.39, 0.29) is 5.78 Å². The third-order valence-electron chi connectivity index (χ3n) is 4.54. The van der Waals surface area contributed by atoms with Gasteiger partial charge in [0.05, 0.1) is 47.8 Å². The van der Waals surface area contributed by atoms with E-state index in [1.807, 2.05) is 0 Å². The molecule has 0 spiro atoms. The number of hydrogen-bond donors (Lipinski definition) is 0. The molecule has 0 radical (unpaired) electrons. The molecule has 0 atom stereocenters. The first kappa shape index (κ1) is 20.6. The Kier molecular flexibility index (Phi) is 5.92. The molecule has 30 heavy (non-hydrogen) atoms. The van der Waals surface area contributed by atoms with E-state index >= 15 is 0 Å². The summed E-state index contributed by atoms with van der Waals surface area (Å²) in [6.07, 6.45) is 0. The number of ether oxygens (including phenoxy) is 2. The van der Waals surface area contributed by atoms with Crippen molar-refractivity contribution in [3.63, 3.8) is 0 Å². The highest BCUT2D eigenvalue weighted by Crippen LogP contribution is 2.27. The van der Waals surface area contributed by atoms with Gasteiger partial charge in [-0.25, -0.2) is 9.97 Å². The molecule has 0 aromatic carbocycles. The molecule has 0 N–H and O–H groups in total. The van der Waals surface area contributed by atoms with Crippen molar-refractivity contribution < 1.29 is 14.3 Å². The average Bonchev–Trinajstić information content (AvgIpc) is 2.81. The molecule has 0 saturated heterocycles. The zero-order valence-electron chi connectivity index (χ0n) is 16.1. The standard InChI is InChI=1S/C21H16Br2N4O3/c1-29-17-5-3-15-19(26-17)13(7-11(9-22)24-15)21(28)14-8-12(10-23)25-16-4-6-18(30-2)27-20(14)16/h3-8H,9-10H2,1-2H3. The lowest BCUT2D eigenvalue weighted by molar-refractivity contribution is 0.104. The molecule has 0 saturated carbocycles. The fraction of sp³-hybridized carbons (Fsp3) is 0.190. The Morgan fingerprint density at radius 3 is 1.57 bits per heavy atom. The van der Waals surface area contributed by atoms with Crippen LogP contribution in [0, 0.1) is 0 Å². The van der Waals surface area contributed by atoms with Gasteiger partial charge in [0.25, 0.3) is 0 Å². The van der Waals surface area contributed by atoms with Crippen LogP contribution in [-0.2, 0) is 10.7 Å². The summed E-state index contributed by atoms with van der Waals surface area (Å²) < 4.78 is 10.5. The number of ketones is 1. The molecule has 0 aliphatic carbocycles. The second-order valence-corrected chi connectivity index (χ2v) is 7.48. The molecule has 0 aliphatic heterocycles. The highest BCUT2D eigenvalue weighted by atomic mass is 79.9. The third-order valence-corrected chi connectivity index (χ3v) is 5.69. The minimum Gasteiger partial charge on any atom is -0.481 e. The summed E-state index contributed by atoms with van der Waals surface area (Å²) in [6.45, 7) is 0. The number of aromatic nitrogens is 4. The van der Waals surface area contributed by atoms with Crippen molar-refractivity contribution >= 4 is 59.7 Å². The van der Waals surface area contributed by atoms with E-state index in [9.17, 15) is 4.79 Å². The number of nitrogens with zero attached hydrogens (tertiary/aromatic N) is 4. The summed E-state index contributed by atoms with van der Waals surface area (Å²) in [4.78, 5) is 31.8. The quantitative estimate of drug-likeness (QED) is 0.265. The number of hydrogen-bond acceptors (Lipinski definition) is 7. The Morgan fingerprint density at radius 1 is 0.767 bits per heavy atom. The van der Waals surface area contributed by atoms with Gasteiger partial charge in [-0.05, 0) is 24.3 Å². The molecule has 0 unspecified atom stereocenters. The lowest BCUT2D eigenvalue weighted by Gasteiger charge is -2.11. The molecule has 152 valence electrons. The van der Waals surface area contributed by atoms with Gasteiger partial charge in [0.1, 0.15) is 11.0 Å². The molecule has 0 fully saturated rings. The van der Waals surface area contributed by atoms with Crippen molar-refractivity contribution in [1.29, 1.82) is 0 Å². The number of methoxy groups -OCH3 is 2. The normalized spacial score (nSPS) is 11.1. The molecule has 0 amide bonds. The fourth-order valence-electron chi connectivity index (χ4n) is 3.14. The summed E-state index contributed by atoms with van der Waals surface area (Å²) in [5, 5.41) is 1.01. The van der Waals surface area contributed by atoms with E-state index in [0.717, 1.165) is 11.4 Å². The first-order chi connectivity index (χ1) is 14.6. The van der Waals surface area contributed by atoms with Crippen LogP contribution in [0.4, 0.5) is 0 Å². The van der Waals surface area contributed by atoms with Gasteiger partial charge < -0.3 is 9.47 Å². The maximum Gasteiger partial charge on any atom is 0.213 e. The Labute approximate surface area is 189 Å². The van der Waals surface area contributed by atoms with Gasteiger partial charge in [-0.1, -0.05) is 31.9 Å². The molecular weight excluding hydrogens is 516 g/mol. The Balaban J connectivity index is 2.01. The highest BCUT2D eigenvalue weighted by Gasteiger charge is 2.21. The molecular formula is C21H16Br2N4O3. The molecule has 4 heterocycles. The Morgan fingerprint density at radius 2 is 1.20 bits per heavy atom. The van der Waals surface area contributed by atoms with E-state index in [0.29, 0.717) is 55.6 Å². The summed E-state index contributed by atoms with van der Waals surface area (Å²) in [5.41, 5.74) is 4.46. The maximum atomic E-state index is 13.8. The van der Waals surface area contributed by atoms with Gasteiger partial charge in [0, 0.05) is 22.8 Å². The van der Waals surface area contributed by atoms with E-state index in [1.54, 1.807) is 36.4 Å². The monoisotopic (exact) mass is 530 g/mol. The smallest absolute Gasteiger partial charge is 0.213 e. The van der Waals surface area contributed by atoms with Crippen LogP contribution in [0.25, 0.3) is 22.1 Å². The van der Waals surface area contributed by atoms with Crippen LogP contribution in [0.15, 0.2) is 36.4 Å². The second kappa shape index (κ2) is 8.61. The predicted octanol–water partition coefficient (Wildman–Crippen LogP) is 4.61. The van der Waals surface area contributed by atoms with Gasteiger partial charge in [0.15, 0.2) is 5.78 Å². The molecule has 4 rings (SSSR count). The SMILES string of the molecule is COc1ccc2nc(CBr)cc(C(=O)c3cc(CBr)nc4ccc(OC)nc34)c2n1. The van der Waals surface area contributed by atoms with Gasteiger partial charge in [-0.15, -0.1) is 0 Å². The van der Waals surface area contributed by atoms with Crippen molar-refractivity contribution in [2.24, 2.45) is 0 Å². The number of halogens is 2. The topological polar surface area (TPSA) is 87.1 Å². The summed E-state index contributed by atoms with van der Waals surface area (Å²) in [5.74, 6) is 0.594. The van der Waals surface area contributed by atoms with Crippen LogP contribution >= 0.6 is 31.9 Å². The molecule has 4 aromatic heterocycles. The highest BCUT2D eigenvalue weighted by molar-refractivity contribution is 9.08. The number of alkyl halides is 2. The minimum atomic E-state index is -0.222. The number of pyridine rings is 4. The number of carbonyl (C=O) groups is 1. The van der Waals surface area contributed by atoms with Crippen LogP contribution in [-0.4, -0.2) is 39.9 Å². The average molecular weight is 532 g/mol. The maximum absolute atomic E-state index is 13.8. The molecule has 7 nitrogen and oxygen atoms in total. The van der Waals surface area contributed by atoms with Crippen LogP contribution in [0.2, 0.25) is 0 Å². The Bertz CT molecular complexity index is 1180.